The molecule has 0 aliphatic carbocycles. The Hall–Kier alpha value is -2.31. The Morgan fingerprint density at radius 2 is 1.76 bits per heavy atom. The number of phenolic OH excluding ortho intramolecular Hbond substituents is 1. The summed E-state index contributed by atoms with van der Waals surface area (Å²) in [5.41, 5.74) is -0.501. The van der Waals surface area contributed by atoms with E-state index in [-0.39, 0.29) is 10.6 Å². The number of nitro benzene ring substituents is 1. The van der Waals surface area contributed by atoms with Gasteiger partial charge in [-0.2, -0.15) is 0 Å². The van der Waals surface area contributed by atoms with Crippen LogP contribution in [0.1, 0.15) is 10.4 Å². The maximum atomic E-state index is 12.1. The Bertz CT molecular complexity index is 717. The molecular weight excluding hydrogens is 319 g/mol. The van der Waals surface area contributed by atoms with E-state index >= 15 is 0 Å². The summed E-state index contributed by atoms with van der Waals surface area (Å²) in [5.74, 6) is -1.46. The minimum absolute atomic E-state index is 0.0271. The van der Waals surface area contributed by atoms with Crippen molar-refractivity contribution in [3.8, 4) is 5.75 Å². The highest BCUT2D eigenvalue weighted by molar-refractivity contribution is 6.31. The number of hydrogen-bond donors (Lipinski definition) is 2. The zero-order valence-corrected chi connectivity index (χ0v) is 11.9. The Balaban J connectivity index is 2.35. The molecule has 1 amide bonds. The molecule has 6 nitrogen and oxygen atoms in total. The van der Waals surface area contributed by atoms with Crippen LogP contribution in [0.4, 0.5) is 11.4 Å². The first-order chi connectivity index (χ1) is 9.88. The Morgan fingerprint density at radius 3 is 2.33 bits per heavy atom. The number of rotatable bonds is 3. The van der Waals surface area contributed by atoms with E-state index in [0.717, 1.165) is 12.1 Å². The molecule has 8 heteroatoms. The summed E-state index contributed by atoms with van der Waals surface area (Å²) in [7, 11) is 0. The molecule has 2 aromatic rings. The highest BCUT2D eigenvalue weighted by Crippen LogP contribution is 2.33. The Kier molecular flexibility index (Phi) is 4.30. The fourth-order valence-electron chi connectivity index (χ4n) is 1.63. The van der Waals surface area contributed by atoms with Gasteiger partial charge < -0.3 is 10.4 Å². The number of nitro groups is 1. The van der Waals surface area contributed by atoms with Gasteiger partial charge in [0.2, 0.25) is 5.75 Å². The monoisotopic (exact) mass is 326 g/mol. The molecule has 0 bridgehead atoms. The van der Waals surface area contributed by atoms with Crippen LogP contribution in [0, 0.1) is 10.1 Å². The van der Waals surface area contributed by atoms with Gasteiger partial charge >= 0.3 is 5.69 Å². The molecule has 0 radical (unpaired) electrons. The summed E-state index contributed by atoms with van der Waals surface area (Å²) in [6.45, 7) is 0. The fourth-order valence-corrected chi connectivity index (χ4v) is 1.97. The van der Waals surface area contributed by atoms with Crippen molar-refractivity contribution in [1.29, 1.82) is 0 Å². The average molecular weight is 327 g/mol. The summed E-state index contributed by atoms with van der Waals surface area (Å²) < 4.78 is 0. The fraction of sp³-hybridized carbons (Fsp3) is 0. The number of hydrogen-bond acceptors (Lipinski definition) is 4. The number of nitrogens with one attached hydrogen (secondary N) is 1. The van der Waals surface area contributed by atoms with Crippen molar-refractivity contribution in [3.05, 3.63) is 62.1 Å². The van der Waals surface area contributed by atoms with E-state index in [4.69, 9.17) is 23.2 Å². The highest BCUT2D eigenvalue weighted by Gasteiger charge is 2.23. The molecular formula is C13H8Cl2N2O4. The zero-order chi connectivity index (χ0) is 15.6. The average Bonchev–Trinajstić information content (AvgIpc) is 2.43. The number of amides is 1. The predicted molar refractivity (Wildman–Crippen MR) is 79.2 cm³/mol. The van der Waals surface area contributed by atoms with Gasteiger partial charge in [-0.05, 0) is 30.3 Å². The standard InChI is InChI=1S/C13H8Cl2N2O4/c14-7-1-3-9(4-2-7)16-13(19)10-5-8(15)6-11(12(10)18)17(20)21/h1-6,18H,(H,16,19). The van der Waals surface area contributed by atoms with E-state index in [2.05, 4.69) is 5.32 Å². The first kappa shape index (κ1) is 15.1. The third-order valence-electron chi connectivity index (χ3n) is 2.60. The van der Waals surface area contributed by atoms with Crippen molar-refractivity contribution in [1.82, 2.24) is 0 Å². The van der Waals surface area contributed by atoms with Gasteiger partial charge in [0.15, 0.2) is 0 Å². The molecule has 0 aromatic heterocycles. The van der Waals surface area contributed by atoms with Gasteiger partial charge in [-0.1, -0.05) is 23.2 Å². The molecule has 108 valence electrons. The van der Waals surface area contributed by atoms with Crippen LogP contribution in [0.5, 0.6) is 5.75 Å². The van der Waals surface area contributed by atoms with Crippen molar-refractivity contribution in [2.45, 2.75) is 0 Å². The second-order valence-electron chi connectivity index (χ2n) is 4.04. The number of benzene rings is 2. The summed E-state index contributed by atoms with van der Waals surface area (Å²) in [6.07, 6.45) is 0. The van der Waals surface area contributed by atoms with Crippen LogP contribution in [0.15, 0.2) is 36.4 Å². The van der Waals surface area contributed by atoms with Crippen LogP contribution < -0.4 is 5.32 Å². The van der Waals surface area contributed by atoms with E-state index in [1.54, 1.807) is 24.3 Å². The van der Waals surface area contributed by atoms with Gasteiger partial charge in [-0.15, -0.1) is 0 Å². The van der Waals surface area contributed by atoms with E-state index in [1.165, 1.54) is 0 Å². The van der Waals surface area contributed by atoms with Gasteiger partial charge in [-0.25, -0.2) is 0 Å². The highest BCUT2D eigenvalue weighted by atomic mass is 35.5. The van der Waals surface area contributed by atoms with Crippen LogP contribution in [0.2, 0.25) is 10.0 Å². The second kappa shape index (κ2) is 5.99. The lowest BCUT2D eigenvalue weighted by Crippen LogP contribution is -2.12. The smallest absolute Gasteiger partial charge is 0.313 e. The minimum Gasteiger partial charge on any atom is -0.502 e. The molecule has 0 saturated heterocycles. The SMILES string of the molecule is O=C(Nc1ccc(Cl)cc1)c1cc(Cl)cc([N+](=O)[O-])c1O. The van der Waals surface area contributed by atoms with Gasteiger partial charge in [0.1, 0.15) is 0 Å². The maximum absolute atomic E-state index is 12.1. The molecule has 0 saturated carbocycles. The number of aromatic hydroxyl groups is 1. The quantitative estimate of drug-likeness (QED) is 0.661. The molecule has 0 aliphatic heterocycles. The minimum atomic E-state index is -0.819. The second-order valence-corrected chi connectivity index (χ2v) is 4.91. The molecule has 0 unspecified atom stereocenters. The van der Waals surface area contributed by atoms with E-state index in [1.807, 2.05) is 0 Å². The summed E-state index contributed by atoms with van der Waals surface area (Å²) >= 11 is 11.4. The van der Waals surface area contributed by atoms with E-state index in [9.17, 15) is 20.0 Å². The third kappa shape index (κ3) is 3.42. The van der Waals surface area contributed by atoms with Gasteiger partial charge in [-0.3, -0.25) is 14.9 Å². The van der Waals surface area contributed by atoms with Crippen LogP contribution >= 0.6 is 23.2 Å². The lowest BCUT2D eigenvalue weighted by molar-refractivity contribution is -0.385. The van der Waals surface area contributed by atoms with E-state index in [0.29, 0.717) is 10.7 Å². The number of anilines is 1. The van der Waals surface area contributed by atoms with Gasteiger partial charge in [0.25, 0.3) is 5.91 Å². The Labute approximate surface area is 129 Å². The van der Waals surface area contributed by atoms with Crippen molar-refractivity contribution < 1.29 is 14.8 Å². The molecule has 2 N–H and O–H groups in total. The van der Waals surface area contributed by atoms with E-state index < -0.39 is 22.3 Å². The zero-order valence-electron chi connectivity index (χ0n) is 10.3. The molecule has 21 heavy (non-hydrogen) atoms. The van der Waals surface area contributed by atoms with Crippen molar-refractivity contribution in [2.24, 2.45) is 0 Å². The molecule has 0 spiro atoms. The largest absolute Gasteiger partial charge is 0.502 e. The molecule has 0 fully saturated rings. The van der Waals surface area contributed by atoms with Crippen molar-refractivity contribution in [3.63, 3.8) is 0 Å². The first-order valence-corrected chi connectivity index (χ1v) is 6.38. The normalized spacial score (nSPS) is 10.2. The van der Waals surface area contributed by atoms with Crippen molar-refractivity contribution >= 4 is 40.5 Å². The van der Waals surface area contributed by atoms with Crippen molar-refractivity contribution in [2.75, 3.05) is 5.32 Å². The number of halogens is 2. The van der Waals surface area contributed by atoms with Gasteiger partial charge in [0, 0.05) is 21.8 Å². The Morgan fingerprint density at radius 1 is 1.14 bits per heavy atom. The summed E-state index contributed by atoms with van der Waals surface area (Å²) in [6, 6.07) is 8.35. The molecule has 0 aliphatic rings. The van der Waals surface area contributed by atoms with Crippen LogP contribution in [0.25, 0.3) is 0 Å². The lowest BCUT2D eigenvalue weighted by atomic mass is 10.1. The lowest BCUT2D eigenvalue weighted by Gasteiger charge is -2.08. The van der Waals surface area contributed by atoms with Crippen LogP contribution in [-0.2, 0) is 0 Å². The van der Waals surface area contributed by atoms with Crippen LogP contribution in [-0.4, -0.2) is 15.9 Å². The third-order valence-corrected chi connectivity index (χ3v) is 3.07. The first-order valence-electron chi connectivity index (χ1n) is 5.62. The van der Waals surface area contributed by atoms with Gasteiger partial charge in [0.05, 0.1) is 10.5 Å². The summed E-state index contributed by atoms with van der Waals surface area (Å²) in [4.78, 5) is 22.0. The number of phenols is 1. The topological polar surface area (TPSA) is 92.5 Å². The number of carbonyl (C=O) groups excluding carboxylic acids is 1. The molecule has 2 rings (SSSR count). The van der Waals surface area contributed by atoms with Crippen LogP contribution in [0.3, 0.4) is 0 Å². The molecule has 0 atom stereocenters. The predicted octanol–water partition coefficient (Wildman–Crippen LogP) is 3.86. The molecule has 0 heterocycles. The number of nitrogens with zero attached hydrogens (tertiary/aromatic N) is 1. The molecule has 2 aromatic carbocycles. The number of carbonyl (C=O) groups is 1. The summed E-state index contributed by atoms with van der Waals surface area (Å²) in [5, 5.41) is 23.5. The maximum Gasteiger partial charge on any atom is 0.313 e.